The fourth-order valence-corrected chi connectivity index (χ4v) is 3.82. The van der Waals surface area contributed by atoms with E-state index in [0.717, 1.165) is 34.3 Å². The number of aryl methyl sites for hydroxylation is 2. The third kappa shape index (κ3) is 2.33. The van der Waals surface area contributed by atoms with Crippen molar-refractivity contribution in [3.8, 4) is 0 Å². The molecule has 7 nitrogen and oxygen atoms in total. The lowest BCUT2D eigenvalue weighted by atomic mass is 10.3. The van der Waals surface area contributed by atoms with Gasteiger partial charge in [-0.15, -0.1) is 5.10 Å². The van der Waals surface area contributed by atoms with Gasteiger partial charge < -0.3 is 5.73 Å². The molecule has 2 aromatic rings. The Balaban J connectivity index is 1.90. The standard InChI is InChI=1S/C12H19N7S/c1-8-10(7-13)11(18(2)15-8)20-12-14-16-17-19(12)9-5-3-4-6-9/h9H,3-7,13H2,1-2H3. The molecule has 2 aromatic heterocycles. The van der Waals surface area contributed by atoms with Crippen molar-refractivity contribution in [2.45, 2.75) is 55.4 Å². The van der Waals surface area contributed by atoms with Crippen molar-refractivity contribution in [2.75, 3.05) is 0 Å². The third-order valence-corrected chi connectivity index (χ3v) is 4.97. The van der Waals surface area contributed by atoms with E-state index in [4.69, 9.17) is 5.73 Å². The van der Waals surface area contributed by atoms with Crippen molar-refractivity contribution in [3.05, 3.63) is 11.3 Å². The minimum atomic E-state index is 0.433. The molecule has 0 aromatic carbocycles. The topological polar surface area (TPSA) is 87.4 Å². The summed E-state index contributed by atoms with van der Waals surface area (Å²) in [5, 5.41) is 18.4. The van der Waals surface area contributed by atoms with Crippen LogP contribution in [0.1, 0.15) is 43.0 Å². The zero-order valence-corrected chi connectivity index (χ0v) is 12.6. The molecule has 8 heteroatoms. The molecule has 0 amide bonds. The normalized spacial score (nSPS) is 16.1. The number of hydrogen-bond acceptors (Lipinski definition) is 6. The van der Waals surface area contributed by atoms with Crippen molar-refractivity contribution in [1.82, 2.24) is 30.0 Å². The van der Waals surface area contributed by atoms with Crippen LogP contribution in [0.15, 0.2) is 10.2 Å². The first-order valence-electron chi connectivity index (χ1n) is 6.89. The van der Waals surface area contributed by atoms with Crippen LogP contribution in [0.3, 0.4) is 0 Å². The molecular formula is C12H19N7S. The molecule has 1 saturated carbocycles. The number of nitrogens with zero attached hydrogens (tertiary/aromatic N) is 6. The summed E-state index contributed by atoms with van der Waals surface area (Å²) in [6.07, 6.45) is 4.83. The summed E-state index contributed by atoms with van der Waals surface area (Å²) >= 11 is 1.55. The Morgan fingerprint density at radius 1 is 1.35 bits per heavy atom. The first-order chi connectivity index (χ1) is 9.70. The molecule has 2 heterocycles. The summed E-state index contributed by atoms with van der Waals surface area (Å²) in [5.74, 6) is 0. The molecule has 1 aliphatic rings. The molecule has 0 bridgehead atoms. The van der Waals surface area contributed by atoms with Crippen molar-refractivity contribution in [2.24, 2.45) is 12.8 Å². The zero-order chi connectivity index (χ0) is 14.1. The molecule has 3 rings (SSSR count). The van der Waals surface area contributed by atoms with Gasteiger partial charge in [-0.3, -0.25) is 4.68 Å². The minimum absolute atomic E-state index is 0.433. The van der Waals surface area contributed by atoms with E-state index >= 15 is 0 Å². The second-order valence-corrected chi connectivity index (χ2v) is 6.10. The van der Waals surface area contributed by atoms with E-state index < -0.39 is 0 Å². The van der Waals surface area contributed by atoms with E-state index in [1.54, 1.807) is 11.8 Å². The van der Waals surface area contributed by atoms with Crippen LogP contribution < -0.4 is 5.73 Å². The van der Waals surface area contributed by atoms with Gasteiger partial charge in [-0.2, -0.15) is 5.10 Å². The van der Waals surface area contributed by atoms with E-state index in [-0.39, 0.29) is 0 Å². The van der Waals surface area contributed by atoms with Gasteiger partial charge in [0, 0.05) is 19.2 Å². The molecule has 0 unspecified atom stereocenters. The highest BCUT2D eigenvalue weighted by atomic mass is 32.2. The summed E-state index contributed by atoms with van der Waals surface area (Å²) in [6.45, 7) is 2.46. The summed E-state index contributed by atoms with van der Waals surface area (Å²) in [4.78, 5) is 0. The first-order valence-corrected chi connectivity index (χ1v) is 7.70. The zero-order valence-electron chi connectivity index (χ0n) is 11.8. The average Bonchev–Trinajstić information content (AvgIpc) is 3.12. The summed E-state index contributed by atoms with van der Waals surface area (Å²) in [5.41, 5.74) is 7.87. The van der Waals surface area contributed by atoms with Gasteiger partial charge in [0.25, 0.3) is 0 Å². The van der Waals surface area contributed by atoms with E-state index in [1.807, 2.05) is 23.3 Å². The molecule has 20 heavy (non-hydrogen) atoms. The van der Waals surface area contributed by atoms with Gasteiger partial charge in [-0.1, -0.05) is 12.8 Å². The average molecular weight is 293 g/mol. The van der Waals surface area contributed by atoms with E-state index in [0.29, 0.717) is 12.6 Å². The van der Waals surface area contributed by atoms with E-state index in [9.17, 15) is 0 Å². The third-order valence-electron chi connectivity index (χ3n) is 3.81. The van der Waals surface area contributed by atoms with Crippen LogP contribution in [-0.4, -0.2) is 30.0 Å². The number of tetrazole rings is 1. The van der Waals surface area contributed by atoms with Gasteiger partial charge >= 0.3 is 0 Å². The molecule has 0 atom stereocenters. The molecule has 108 valence electrons. The maximum Gasteiger partial charge on any atom is 0.215 e. The smallest absolute Gasteiger partial charge is 0.215 e. The Morgan fingerprint density at radius 3 is 2.80 bits per heavy atom. The monoisotopic (exact) mass is 293 g/mol. The van der Waals surface area contributed by atoms with E-state index in [1.165, 1.54) is 12.8 Å². The van der Waals surface area contributed by atoms with Crippen LogP contribution in [0.5, 0.6) is 0 Å². The van der Waals surface area contributed by atoms with Gasteiger partial charge in [0.05, 0.1) is 11.7 Å². The molecule has 1 fully saturated rings. The SMILES string of the molecule is Cc1nn(C)c(Sc2nnnn2C2CCCC2)c1CN. The van der Waals surface area contributed by atoms with Crippen LogP contribution >= 0.6 is 11.8 Å². The second kappa shape index (κ2) is 5.53. The van der Waals surface area contributed by atoms with Gasteiger partial charge in [0.2, 0.25) is 5.16 Å². The summed E-state index contributed by atoms with van der Waals surface area (Å²) < 4.78 is 3.82. The summed E-state index contributed by atoms with van der Waals surface area (Å²) in [6, 6.07) is 0.433. The lowest BCUT2D eigenvalue weighted by Crippen LogP contribution is -2.09. The Labute approximate surface area is 121 Å². The highest BCUT2D eigenvalue weighted by Gasteiger charge is 2.23. The largest absolute Gasteiger partial charge is 0.326 e. The first kappa shape index (κ1) is 13.6. The molecule has 0 aliphatic heterocycles. The van der Waals surface area contributed by atoms with Crippen LogP contribution in [-0.2, 0) is 13.6 Å². The summed E-state index contributed by atoms with van der Waals surface area (Å²) in [7, 11) is 1.93. The Morgan fingerprint density at radius 2 is 2.10 bits per heavy atom. The molecular weight excluding hydrogens is 274 g/mol. The highest BCUT2D eigenvalue weighted by molar-refractivity contribution is 7.99. The maximum absolute atomic E-state index is 5.83. The van der Waals surface area contributed by atoms with Gasteiger partial charge in [-0.05, 0) is 42.0 Å². The van der Waals surface area contributed by atoms with Crippen LogP contribution in [0.25, 0.3) is 0 Å². The van der Waals surface area contributed by atoms with E-state index in [2.05, 4.69) is 20.6 Å². The number of nitrogens with two attached hydrogens (primary N) is 1. The van der Waals surface area contributed by atoms with Crippen molar-refractivity contribution in [1.29, 1.82) is 0 Å². The minimum Gasteiger partial charge on any atom is -0.326 e. The van der Waals surface area contributed by atoms with Gasteiger partial charge in [0.1, 0.15) is 5.03 Å². The van der Waals surface area contributed by atoms with Gasteiger partial charge in [-0.25, -0.2) is 4.68 Å². The second-order valence-electron chi connectivity index (χ2n) is 5.14. The van der Waals surface area contributed by atoms with Crippen molar-refractivity contribution < 1.29 is 0 Å². The fraction of sp³-hybridized carbons (Fsp3) is 0.667. The predicted molar refractivity (Wildman–Crippen MR) is 75.3 cm³/mol. The maximum atomic E-state index is 5.83. The molecule has 2 N–H and O–H groups in total. The van der Waals surface area contributed by atoms with Crippen LogP contribution in [0.4, 0.5) is 0 Å². The molecule has 0 saturated heterocycles. The van der Waals surface area contributed by atoms with Crippen LogP contribution in [0, 0.1) is 6.92 Å². The Bertz CT molecular complexity index is 597. The van der Waals surface area contributed by atoms with Crippen molar-refractivity contribution >= 4 is 11.8 Å². The Kier molecular flexibility index (Phi) is 3.75. The molecule has 0 spiro atoms. The fourth-order valence-electron chi connectivity index (χ4n) is 2.76. The molecule has 0 radical (unpaired) electrons. The van der Waals surface area contributed by atoms with Crippen molar-refractivity contribution in [3.63, 3.8) is 0 Å². The predicted octanol–water partition coefficient (Wildman–Crippen LogP) is 1.44. The lowest BCUT2D eigenvalue weighted by molar-refractivity contribution is 0.422. The number of hydrogen-bond donors (Lipinski definition) is 1. The lowest BCUT2D eigenvalue weighted by Gasteiger charge is -2.11. The van der Waals surface area contributed by atoms with Crippen LogP contribution in [0.2, 0.25) is 0 Å². The number of aromatic nitrogens is 6. The number of rotatable bonds is 4. The quantitative estimate of drug-likeness (QED) is 0.917. The highest BCUT2D eigenvalue weighted by Crippen LogP contribution is 2.35. The van der Waals surface area contributed by atoms with Gasteiger partial charge in [0.15, 0.2) is 0 Å². The Hall–Kier alpha value is -1.41. The molecule has 1 aliphatic carbocycles.